The van der Waals surface area contributed by atoms with Crippen LogP contribution in [0.1, 0.15) is 36.1 Å². The van der Waals surface area contributed by atoms with Gasteiger partial charge >= 0.3 is 12.4 Å². The molecular weight excluding hydrogens is 270 g/mol. The van der Waals surface area contributed by atoms with Gasteiger partial charge in [-0.15, -0.1) is 0 Å². The van der Waals surface area contributed by atoms with Gasteiger partial charge in [0, 0.05) is 0 Å². The molecule has 0 spiro atoms. The Balaban J connectivity index is 3.66. The van der Waals surface area contributed by atoms with E-state index < -0.39 is 23.5 Å². The highest BCUT2D eigenvalue weighted by molar-refractivity contribution is 5.68. The van der Waals surface area contributed by atoms with E-state index in [0.717, 1.165) is 13.0 Å². The number of benzene rings is 1. The van der Waals surface area contributed by atoms with Crippen LogP contribution in [0.3, 0.4) is 0 Å². The summed E-state index contributed by atoms with van der Waals surface area (Å²) >= 11 is 0. The maximum Gasteiger partial charge on any atom is 0.417 e. The Bertz CT molecular complexity index is 505. The Morgan fingerprint density at radius 3 is 1.79 bits per heavy atom. The van der Waals surface area contributed by atoms with Crippen molar-refractivity contribution in [3.05, 3.63) is 40.5 Å². The third-order valence-corrected chi connectivity index (χ3v) is 2.83. The Kier molecular flexibility index (Phi) is 4.03. The lowest BCUT2D eigenvalue weighted by atomic mass is 9.94. The lowest BCUT2D eigenvalue weighted by Gasteiger charge is -2.18. The van der Waals surface area contributed by atoms with Crippen LogP contribution in [0.4, 0.5) is 26.3 Å². The molecule has 0 aliphatic heterocycles. The van der Waals surface area contributed by atoms with E-state index in [1.807, 2.05) is 0 Å². The maximum atomic E-state index is 12.9. The molecule has 0 fully saturated rings. The van der Waals surface area contributed by atoms with Gasteiger partial charge < -0.3 is 0 Å². The number of aryl methyl sites for hydroxylation is 1. The number of hydrogen-bond acceptors (Lipinski definition) is 0. The van der Waals surface area contributed by atoms with Crippen LogP contribution in [0.15, 0.2) is 18.2 Å². The van der Waals surface area contributed by atoms with Crippen molar-refractivity contribution < 1.29 is 26.3 Å². The summed E-state index contributed by atoms with van der Waals surface area (Å²) in [5.74, 6) is 0. The first-order valence-corrected chi connectivity index (χ1v) is 5.40. The largest absolute Gasteiger partial charge is 0.417 e. The molecule has 0 aliphatic rings. The first-order valence-electron chi connectivity index (χ1n) is 5.40. The van der Waals surface area contributed by atoms with E-state index >= 15 is 0 Å². The molecule has 106 valence electrons. The van der Waals surface area contributed by atoms with Crippen molar-refractivity contribution in [1.29, 1.82) is 0 Å². The van der Waals surface area contributed by atoms with E-state index in [0.29, 0.717) is 0 Å². The minimum absolute atomic E-state index is 0.178. The molecular formula is C13H12F6. The van der Waals surface area contributed by atoms with Crippen molar-refractivity contribution in [3.63, 3.8) is 0 Å². The van der Waals surface area contributed by atoms with E-state index in [4.69, 9.17) is 0 Å². The molecule has 0 nitrogen and oxygen atoms in total. The summed E-state index contributed by atoms with van der Waals surface area (Å²) in [5, 5.41) is 0. The Morgan fingerprint density at radius 2 is 1.42 bits per heavy atom. The van der Waals surface area contributed by atoms with Gasteiger partial charge in [0.15, 0.2) is 0 Å². The summed E-state index contributed by atoms with van der Waals surface area (Å²) in [6, 6.07) is 1.11. The molecule has 1 aromatic carbocycles. The second-order valence-corrected chi connectivity index (χ2v) is 4.18. The lowest BCUT2D eigenvalue weighted by molar-refractivity contribution is -0.143. The number of halogens is 6. The van der Waals surface area contributed by atoms with Gasteiger partial charge in [-0.25, -0.2) is 0 Å². The highest BCUT2D eigenvalue weighted by Crippen LogP contribution is 2.40. The molecule has 19 heavy (non-hydrogen) atoms. The fraction of sp³-hybridized carbons (Fsp3) is 0.385. The Hall–Kier alpha value is -1.46. The molecule has 0 unspecified atom stereocenters. The van der Waals surface area contributed by atoms with Gasteiger partial charge in [0.25, 0.3) is 0 Å². The highest BCUT2D eigenvalue weighted by Gasteiger charge is 2.39. The molecule has 0 bridgehead atoms. The maximum absolute atomic E-state index is 12.9. The molecule has 0 radical (unpaired) electrons. The molecule has 0 saturated heterocycles. The number of alkyl halides is 6. The number of hydrogen-bond donors (Lipinski definition) is 0. The quantitative estimate of drug-likeness (QED) is 0.600. The van der Waals surface area contributed by atoms with Crippen LogP contribution in [0.5, 0.6) is 0 Å². The monoisotopic (exact) mass is 282 g/mol. The van der Waals surface area contributed by atoms with Crippen LogP contribution in [0.2, 0.25) is 0 Å². The van der Waals surface area contributed by atoms with Crippen molar-refractivity contribution in [2.45, 2.75) is 33.1 Å². The average molecular weight is 282 g/mol. The molecule has 0 aliphatic carbocycles. The van der Waals surface area contributed by atoms with E-state index in [9.17, 15) is 26.3 Å². The van der Waals surface area contributed by atoms with Crippen molar-refractivity contribution in [2.75, 3.05) is 0 Å². The summed E-state index contributed by atoms with van der Waals surface area (Å²) < 4.78 is 76.5. The third kappa shape index (κ3) is 3.30. The predicted octanol–water partition coefficient (Wildman–Crippen LogP) is 5.46. The molecule has 1 rings (SSSR count). The van der Waals surface area contributed by atoms with Crippen molar-refractivity contribution in [1.82, 2.24) is 0 Å². The van der Waals surface area contributed by atoms with Crippen LogP contribution >= 0.6 is 0 Å². The van der Waals surface area contributed by atoms with Crippen LogP contribution < -0.4 is 0 Å². The molecule has 0 aromatic heterocycles. The van der Waals surface area contributed by atoms with Crippen LogP contribution in [-0.4, -0.2) is 0 Å². The standard InChI is InChI=1S/C13H12F6/c1-4-7(2)9-5-8(3)10(12(14,15)16)6-11(9)13(17,18)19/h4-6H,1-3H3. The van der Waals surface area contributed by atoms with Crippen molar-refractivity contribution >= 4 is 5.57 Å². The van der Waals surface area contributed by atoms with Gasteiger partial charge in [-0.05, 0) is 43.5 Å². The van der Waals surface area contributed by atoms with Gasteiger partial charge in [-0.3, -0.25) is 0 Å². The highest BCUT2D eigenvalue weighted by atomic mass is 19.4. The van der Waals surface area contributed by atoms with E-state index in [2.05, 4.69) is 0 Å². The molecule has 0 N–H and O–H groups in total. The summed E-state index contributed by atoms with van der Waals surface area (Å²) in [6.07, 6.45) is -8.20. The lowest BCUT2D eigenvalue weighted by Crippen LogP contribution is -2.14. The second kappa shape index (κ2) is 4.90. The number of rotatable bonds is 1. The summed E-state index contributed by atoms with van der Waals surface area (Å²) in [7, 11) is 0. The Labute approximate surface area is 106 Å². The van der Waals surface area contributed by atoms with Crippen LogP contribution in [0, 0.1) is 6.92 Å². The molecule has 1 aromatic rings. The first kappa shape index (κ1) is 15.6. The zero-order valence-electron chi connectivity index (χ0n) is 10.5. The first-order chi connectivity index (χ1) is 8.48. The van der Waals surface area contributed by atoms with E-state index in [1.165, 1.54) is 19.9 Å². The minimum atomic E-state index is -4.83. The van der Waals surface area contributed by atoms with Crippen molar-refractivity contribution in [2.24, 2.45) is 0 Å². The van der Waals surface area contributed by atoms with E-state index in [-0.39, 0.29) is 22.8 Å². The SMILES string of the molecule is CC=C(C)c1cc(C)c(C(F)(F)F)cc1C(F)(F)F. The summed E-state index contributed by atoms with van der Waals surface area (Å²) in [6.45, 7) is 4.11. The zero-order chi connectivity index (χ0) is 15.0. The zero-order valence-corrected chi connectivity index (χ0v) is 10.5. The van der Waals surface area contributed by atoms with Gasteiger partial charge in [-0.2, -0.15) is 26.3 Å². The average Bonchev–Trinajstić information content (AvgIpc) is 2.24. The van der Waals surface area contributed by atoms with Crippen LogP contribution in [-0.2, 0) is 12.4 Å². The third-order valence-electron chi connectivity index (χ3n) is 2.83. The molecule has 0 amide bonds. The Morgan fingerprint density at radius 1 is 0.947 bits per heavy atom. The normalized spacial score (nSPS) is 13.8. The molecule has 0 heterocycles. The van der Waals surface area contributed by atoms with Gasteiger partial charge in [-0.1, -0.05) is 12.1 Å². The van der Waals surface area contributed by atoms with Gasteiger partial charge in [0.1, 0.15) is 0 Å². The fourth-order valence-corrected chi connectivity index (χ4v) is 1.73. The van der Waals surface area contributed by atoms with Gasteiger partial charge in [0.05, 0.1) is 11.1 Å². The molecule has 6 heteroatoms. The van der Waals surface area contributed by atoms with E-state index in [1.54, 1.807) is 0 Å². The molecule has 0 atom stereocenters. The van der Waals surface area contributed by atoms with Crippen LogP contribution in [0.25, 0.3) is 5.57 Å². The van der Waals surface area contributed by atoms with Crippen molar-refractivity contribution in [3.8, 4) is 0 Å². The van der Waals surface area contributed by atoms with Gasteiger partial charge in [0.2, 0.25) is 0 Å². The molecule has 0 saturated carbocycles. The number of allylic oxidation sites excluding steroid dienone is 2. The topological polar surface area (TPSA) is 0 Å². The summed E-state index contributed by atoms with van der Waals surface area (Å²) in [5.41, 5.74) is -2.69. The fourth-order valence-electron chi connectivity index (χ4n) is 1.73. The summed E-state index contributed by atoms with van der Waals surface area (Å²) in [4.78, 5) is 0. The predicted molar refractivity (Wildman–Crippen MR) is 60.5 cm³/mol. The second-order valence-electron chi connectivity index (χ2n) is 4.18. The minimum Gasteiger partial charge on any atom is -0.166 e. The smallest absolute Gasteiger partial charge is 0.166 e.